The highest BCUT2D eigenvalue weighted by Crippen LogP contribution is 2.52. The standard InChI is InChI=1S/C18H24ClNO2/c1-12-14-2-3-15(10-14)17(12)11-20(8-9-21)18(22)13-4-6-16(19)7-5-13/h4-7,12,14-15,17,21H,2-3,8-11H2,1H3/t12-,14-,15+,17+/m0/s1. The smallest absolute Gasteiger partial charge is 0.253 e. The number of carbonyl (C=O) groups is 1. The molecule has 0 aliphatic heterocycles. The van der Waals surface area contributed by atoms with Gasteiger partial charge in [-0.15, -0.1) is 0 Å². The zero-order valence-corrected chi connectivity index (χ0v) is 13.8. The van der Waals surface area contributed by atoms with Gasteiger partial charge in [-0.25, -0.2) is 0 Å². The van der Waals surface area contributed by atoms with E-state index >= 15 is 0 Å². The van der Waals surface area contributed by atoms with Crippen LogP contribution in [0.5, 0.6) is 0 Å². The average molecular weight is 322 g/mol. The van der Waals surface area contributed by atoms with Crippen molar-refractivity contribution in [2.45, 2.75) is 26.2 Å². The van der Waals surface area contributed by atoms with E-state index in [1.165, 1.54) is 19.3 Å². The van der Waals surface area contributed by atoms with Crippen LogP contribution < -0.4 is 0 Å². The number of rotatable bonds is 5. The Bertz CT molecular complexity index is 528. The third-order valence-corrected chi connectivity index (χ3v) is 5.97. The molecule has 0 spiro atoms. The molecule has 2 aliphatic rings. The highest BCUT2D eigenvalue weighted by Gasteiger charge is 2.45. The first kappa shape index (κ1) is 15.8. The van der Waals surface area contributed by atoms with Gasteiger partial charge in [-0.3, -0.25) is 4.79 Å². The predicted molar refractivity (Wildman–Crippen MR) is 87.9 cm³/mol. The number of fused-ring (bicyclic) bond motifs is 2. The van der Waals surface area contributed by atoms with Gasteiger partial charge in [-0.2, -0.15) is 0 Å². The molecule has 0 radical (unpaired) electrons. The fourth-order valence-electron chi connectivity index (χ4n) is 4.44. The molecule has 4 heteroatoms. The Morgan fingerprint density at radius 2 is 1.95 bits per heavy atom. The highest BCUT2D eigenvalue weighted by atomic mass is 35.5. The Morgan fingerprint density at radius 1 is 1.27 bits per heavy atom. The lowest BCUT2D eigenvalue weighted by Gasteiger charge is -2.33. The van der Waals surface area contributed by atoms with E-state index in [0.29, 0.717) is 29.0 Å². The first-order valence-corrected chi connectivity index (χ1v) is 8.63. The predicted octanol–water partition coefficient (Wildman–Crippen LogP) is 3.46. The molecule has 22 heavy (non-hydrogen) atoms. The lowest BCUT2D eigenvalue weighted by atomic mass is 9.80. The quantitative estimate of drug-likeness (QED) is 0.902. The molecule has 3 rings (SSSR count). The molecule has 1 N–H and O–H groups in total. The molecule has 0 aromatic heterocycles. The second kappa shape index (κ2) is 6.59. The Morgan fingerprint density at radius 3 is 2.55 bits per heavy atom. The largest absolute Gasteiger partial charge is 0.395 e. The lowest BCUT2D eigenvalue weighted by Crippen LogP contribution is -2.40. The van der Waals surface area contributed by atoms with Crippen molar-refractivity contribution >= 4 is 17.5 Å². The van der Waals surface area contributed by atoms with Crippen LogP contribution in [0.4, 0.5) is 0 Å². The molecule has 1 amide bonds. The van der Waals surface area contributed by atoms with E-state index < -0.39 is 0 Å². The molecule has 1 aromatic rings. The van der Waals surface area contributed by atoms with E-state index in [4.69, 9.17) is 11.6 Å². The summed E-state index contributed by atoms with van der Waals surface area (Å²) in [5.41, 5.74) is 0.647. The monoisotopic (exact) mass is 321 g/mol. The zero-order valence-electron chi connectivity index (χ0n) is 13.0. The van der Waals surface area contributed by atoms with Crippen LogP contribution >= 0.6 is 11.6 Å². The van der Waals surface area contributed by atoms with Gasteiger partial charge in [0.2, 0.25) is 0 Å². The molecule has 0 heterocycles. The minimum absolute atomic E-state index is 0.000639. The Labute approximate surface area is 137 Å². The normalized spacial score (nSPS) is 29.8. The molecule has 2 fully saturated rings. The Kier molecular flexibility index (Phi) is 4.74. The Hall–Kier alpha value is -1.06. The van der Waals surface area contributed by atoms with Crippen LogP contribution in [0.1, 0.15) is 36.5 Å². The van der Waals surface area contributed by atoms with Gasteiger partial charge in [0.1, 0.15) is 0 Å². The third-order valence-electron chi connectivity index (χ3n) is 5.72. The van der Waals surface area contributed by atoms with Crippen LogP contribution in [0.3, 0.4) is 0 Å². The summed E-state index contributed by atoms with van der Waals surface area (Å²) in [6, 6.07) is 7.01. The van der Waals surface area contributed by atoms with Gasteiger partial charge in [0, 0.05) is 23.7 Å². The van der Waals surface area contributed by atoms with Crippen molar-refractivity contribution < 1.29 is 9.90 Å². The SMILES string of the molecule is C[C@H]1[C@H]2CC[C@H](C2)[C@@H]1CN(CCO)C(=O)c1ccc(Cl)cc1. The van der Waals surface area contributed by atoms with Crippen molar-refractivity contribution in [1.82, 2.24) is 4.90 Å². The second-order valence-corrected chi connectivity index (χ2v) is 7.27. The summed E-state index contributed by atoms with van der Waals surface area (Å²) in [4.78, 5) is 14.5. The molecular weight excluding hydrogens is 298 g/mol. The molecule has 2 bridgehead atoms. The number of aliphatic hydroxyl groups excluding tert-OH is 1. The number of benzene rings is 1. The molecule has 0 unspecified atom stereocenters. The molecule has 120 valence electrons. The van der Waals surface area contributed by atoms with Crippen LogP contribution in [-0.2, 0) is 0 Å². The second-order valence-electron chi connectivity index (χ2n) is 6.84. The third kappa shape index (κ3) is 3.02. The van der Waals surface area contributed by atoms with Gasteiger partial charge in [0.15, 0.2) is 0 Å². The maximum absolute atomic E-state index is 12.7. The number of hydrogen-bond donors (Lipinski definition) is 1. The van der Waals surface area contributed by atoms with Gasteiger partial charge >= 0.3 is 0 Å². The van der Waals surface area contributed by atoms with E-state index in [1.54, 1.807) is 24.3 Å². The van der Waals surface area contributed by atoms with Crippen molar-refractivity contribution in [2.24, 2.45) is 23.7 Å². The Balaban J connectivity index is 1.72. The van der Waals surface area contributed by atoms with Crippen LogP contribution in [0.2, 0.25) is 5.02 Å². The summed E-state index contributed by atoms with van der Waals surface area (Å²) in [5.74, 6) is 2.89. The van der Waals surface area contributed by atoms with Gasteiger partial charge in [0.05, 0.1) is 6.61 Å². The van der Waals surface area contributed by atoms with E-state index in [9.17, 15) is 9.90 Å². The topological polar surface area (TPSA) is 40.5 Å². The van der Waals surface area contributed by atoms with Crippen molar-refractivity contribution in [1.29, 1.82) is 0 Å². The van der Waals surface area contributed by atoms with Gasteiger partial charge in [-0.05, 0) is 67.2 Å². The number of nitrogens with zero attached hydrogens (tertiary/aromatic N) is 1. The minimum atomic E-state index is 0.000639. The summed E-state index contributed by atoms with van der Waals surface area (Å²) in [6.07, 6.45) is 3.99. The molecule has 0 saturated heterocycles. The van der Waals surface area contributed by atoms with Crippen molar-refractivity contribution in [3.8, 4) is 0 Å². The molecule has 4 atom stereocenters. The zero-order chi connectivity index (χ0) is 15.7. The number of halogens is 1. The fourth-order valence-corrected chi connectivity index (χ4v) is 4.57. The van der Waals surface area contributed by atoms with E-state index in [-0.39, 0.29) is 12.5 Å². The van der Waals surface area contributed by atoms with E-state index in [0.717, 1.165) is 18.4 Å². The van der Waals surface area contributed by atoms with Gasteiger partial charge in [-0.1, -0.05) is 18.5 Å². The van der Waals surface area contributed by atoms with E-state index in [1.807, 2.05) is 4.90 Å². The first-order chi connectivity index (χ1) is 10.6. The minimum Gasteiger partial charge on any atom is -0.395 e. The lowest BCUT2D eigenvalue weighted by molar-refractivity contribution is 0.0633. The summed E-state index contributed by atoms with van der Waals surface area (Å²) >= 11 is 5.89. The van der Waals surface area contributed by atoms with Crippen molar-refractivity contribution in [3.05, 3.63) is 34.9 Å². The van der Waals surface area contributed by atoms with Crippen LogP contribution in [0, 0.1) is 23.7 Å². The number of carbonyl (C=O) groups excluding carboxylic acids is 1. The van der Waals surface area contributed by atoms with Crippen molar-refractivity contribution in [2.75, 3.05) is 19.7 Å². The van der Waals surface area contributed by atoms with Crippen LogP contribution in [-0.4, -0.2) is 35.6 Å². The van der Waals surface area contributed by atoms with Gasteiger partial charge < -0.3 is 10.0 Å². The van der Waals surface area contributed by atoms with Gasteiger partial charge in [0.25, 0.3) is 5.91 Å². The summed E-state index contributed by atoms with van der Waals surface area (Å²) in [7, 11) is 0. The summed E-state index contributed by atoms with van der Waals surface area (Å²) in [6.45, 7) is 3.51. The highest BCUT2D eigenvalue weighted by molar-refractivity contribution is 6.30. The summed E-state index contributed by atoms with van der Waals surface area (Å²) < 4.78 is 0. The average Bonchev–Trinajstić information content (AvgIpc) is 3.10. The molecule has 2 saturated carbocycles. The summed E-state index contributed by atoms with van der Waals surface area (Å²) in [5, 5.41) is 9.96. The fraction of sp³-hybridized carbons (Fsp3) is 0.611. The number of aliphatic hydroxyl groups is 1. The maximum Gasteiger partial charge on any atom is 0.253 e. The maximum atomic E-state index is 12.7. The van der Waals surface area contributed by atoms with Crippen molar-refractivity contribution in [3.63, 3.8) is 0 Å². The number of amides is 1. The molecule has 3 nitrogen and oxygen atoms in total. The molecule has 2 aliphatic carbocycles. The number of hydrogen-bond acceptors (Lipinski definition) is 2. The van der Waals surface area contributed by atoms with E-state index in [2.05, 4.69) is 6.92 Å². The molecule has 1 aromatic carbocycles. The molecular formula is C18H24ClNO2. The first-order valence-electron chi connectivity index (χ1n) is 8.26. The van der Waals surface area contributed by atoms with Crippen LogP contribution in [0.25, 0.3) is 0 Å². The van der Waals surface area contributed by atoms with Crippen LogP contribution in [0.15, 0.2) is 24.3 Å².